The van der Waals surface area contributed by atoms with Crippen LogP contribution in [0.1, 0.15) is 19.4 Å². The molecule has 1 nitrogen and oxygen atoms in total. The Morgan fingerprint density at radius 3 is 2.40 bits per heavy atom. The van der Waals surface area contributed by atoms with Crippen LogP contribution < -0.4 is 5.73 Å². The Hall–Kier alpha value is -1.03. The zero-order valence-electron chi connectivity index (χ0n) is 8.73. The minimum Gasteiger partial charge on any atom is -0.327 e. The predicted octanol–water partition coefficient (Wildman–Crippen LogP) is 2.74. The van der Waals surface area contributed by atoms with E-state index in [1.54, 1.807) is 13.8 Å². The molecule has 84 valence electrons. The quantitative estimate of drug-likeness (QED) is 0.827. The molecule has 0 radical (unpaired) electrons. The molecule has 0 saturated carbocycles. The molecule has 4 heteroatoms. The topological polar surface area (TPSA) is 26.0 Å². The minimum atomic E-state index is -2.02. The molecule has 0 aliphatic rings. The average molecular weight is 217 g/mol. The van der Waals surface area contributed by atoms with E-state index in [9.17, 15) is 13.2 Å². The second kappa shape index (κ2) is 4.23. The van der Waals surface area contributed by atoms with Crippen molar-refractivity contribution in [3.8, 4) is 0 Å². The van der Waals surface area contributed by atoms with Gasteiger partial charge in [0, 0.05) is 12.1 Å². The van der Waals surface area contributed by atoms with Crippen LogP contribution in [-0.2, 0) is 5.67 Å². The van der Waals surface area contributed by atoms with Crippen molar-refractivity contribution < 1.29 is 13.2 Å². The van der Waals surface area contributed by atoms with Crippen molar-refractivity contribution in [1.82, 2.24) is 0 Å². The highest BCUT2D eigenvalue weighted by Gasteiger charge is 2.37. The molecule has 0 saturated heterocycles. The molecule has 0 bridgehead atoms. The summed E-state index contributed by atoms with van der Waals surface area (Å²) < 4.78 is 40.6. The first kappa shape index (κ1) is 12.0. The summed E-state index contributed by atoms with van der Waals surface area (Å²) in [5, 5.41) is 0. The van der Waals surface area contributed by atoms with Crippen LogP contribution in [0.5, 0.6) is 0 Å². The Balaban J connectivity index is 3.30. The second-order valence-electron chi connectivity index (χ2n) is 3.82. The van der Waals surface area contributed by atoms with Crippen molar-refractivity contribution in [2.24, 2.45) is 11.7 Å². The number of hydrogen-bond acceptors (Lipinski definition) is 1. The largest absolute Gasteiger partial charge is 0.327 e. The van der Waals surface area contributed by atoms with Crippen molar-refractivity contribution in [3.05, 3.63) is 35.4 Å². The molecule has 1 aromatic rings. The summed E-state index contributed by atoms with van der Waals surface area (Å²) in [6.07, 6.45) is 0. The molecular weight excluding hydrogens is 203 g/mol. The van der Waals surface area contributed by atoms with E-state index < -0.39 is 23.2 Å². The van der Waals surface area contributed by atoms with Crippen molar-refractivity contribution >= 4 is 0 Å². The highest BCUT2D eigenvalue weighted by Crippen LogP contribution is 2.35. The Labute approximate surface area is 87.1 Å². The lowest BCUT2D eigenvalue weighted by molar-refractivity contribution is 0.103. The molecule has 0 spiro atoms. The van der Waals surface area contributed by atoms with E-state index in [0.29, 0.717) is 0 Å². The molecule has 0 amide bonds. The summed E-state index contributed by atoms with van der Waals surface area (Å²) in [4.78, 5) is 0. The van der Waals surface area contributed by atoms with Gasteiger partial charge in [0.05, 0.1) is 0 Å². The number of benzene rings is 1. The number of rotatable bonds is 3. The van der Waals surface area contributed by atoms with E-state index in [-0.39, 0.29) is 12.1 Å². The van der Waals surface area contributed by atoms with Gasteiger partial charge in [-0.15, -0.1) is 0 Å². The summed E-state index contributed by atoms with van der Waals surface area (Å²) in [7, 11) is 0. The molecule has 1 rings (SSSR count). The zero-order valence-corrected chi connectivity index (χ0v) is 8.73. The van der Waals surface area contributed by atoms with Gasteiger partial charge in [-0.3, -0.25) is 0 Å². The minimum absolute atomic E-state index is 0.306. The second-order valence-corrected chi connectivity index (χ2v) is 3.82. The van der Waals surface area contributed by atoms with E-state index in [4.69, 9.17) is 5.73 Å². The van der Waals surface area contributed by atoms with Crippen LogP contribution in [-0.4, -0.2) is 6.54 Å². The summed E-state index contributed by atoms with van der Waals surface area (Å²) in [5.74, 6) is -2.72. The standard InChI is InChI=1S/C11H14F3N/c1-7(2)11(14,6-15)8-4-3-5-9(12)10(8)13/h3-5,7H,6,15H2,1-2H3. The number of alkyl halides is 1. The van der Waals surface area contributed by atoms with Gasteiger partial charge in [-0.2, -0.15) is 0 Å². The molecular formula is C11H14F3N. The Morgan fingerprint density at radius 1 is 1.33 bits per heavy atom. The molecule has 1 unspecified atom stereocenters. The maximum absolute atomic E-state index is 14.3. The highest BCUT2D eigenvalue weighted by atomic mass is 19.2. The van der Waals surface area contributed by atoms with Crippen molar-refractivity contribution in [2.75, 3.05) is 6.54 Å². The molecule has 0 aliphatic carbocycles. The van der Waals surface area contributed by atoms with Gasteiger partial charge in [0.2, 0.25) is 0 Å². The molecule has 0 aromatic heterocycles. The molecule has 0 fully saturated rings. The zero-order chi connectivity index (χ0) is 11.6. The first-order chi connectivity index (χ1) is 6.93. The summed E-state index contributed by atoms with van der Waals surface area (Å²) in [6, 6.07) is 3.46. The van der Waals surface area contributed by atoms with Gasteiger partial charge in [-0.25, -0.2) is 13.2 Å². The van der Waals surface area contributed by atoms with E-state index in [0.717, 1.165) is 6.07 Å². The van der Waals surface area contributed by atoms with Crippen LogP contribution in [0.25, 0.3) is 0 Å². The Kier molecular flexibility index (Phi) is 3.39. The fourth-order valence-electron chi connectivity index (χ4n) is 1.48. The fraction of sp³-hybridized carbons (Fsp3) is 0.455. The van der Waals surface area contributed by atoms with Crippen LogP contribution >= 0.6 is 0 Å². The van der Waals surface area contributed by atoms with Crippen molar-refractivity contribution in [1.29, 1.82) is 0 Å². The van der Waals surface area contributed by atoms with Crippen LogP contribution in [0, 0.1) is 17.6 Å². The maximum Gasteiger partial charge on any atom is 0.165 e. The molecule has 0 heterocycles. The Morgan fingerprint density at radius 2 is 1.93 bits per heavy atom. The summed E-state index contributed by atoms with van der Waals surface area (Å²) >= 11 is 0. The lowest BCUT2D eigenvalue weighted by atomic mass is 9.85. The maximum atomic E-state index is 14.3. The SMILES string of the molecule is CC(C)C(F)(CN)c1cccc(F)c1F. The predicted molar refractivity (Wildman–Crippen MR) is 53.0 cm³/mol. The molecule has 1 atom stereocenters. The molecule has 1 aromatic carbocycles. The third kappa shape index (κ3) is 2.00. The molecule has 0 aliphatic heterocycles. The van der Waals surface area contributed by atoms with E-state index in [1.165, 1.54) is 12.1 Å². The third-order valence-electron chi connectivity index (χ3n) is 2.61. The Bertz CT molecular complexity index is 352. The van der Waals surface area contributed by atoms with E-state index in [2.05, 4.69) is 0 Å². The van der Waals surface area contributed by atoms with Gasteiger partial charge in [0.1, 0.15) is 0 Å². The van der Waals surface area contributed by atoms with Gasteiger partial charge < -0.3 is 5.73 Å². The van der Waals surface area contributed by atoms with Crippen LogP contribution in [0.3, 0.4) is 0 Å². The van der Waals surface area contributed by atoms with E-state index in [1.807, 2.05) is 0 Å². The van der Waals surface area contributed by atoms with Crippen molar-refractivity contribution in [3.63, 3.8) is 0 Å². The van der Waals surface area contributed by atoms with Gasteiger partial charge in [0.15, 0.2) is 17.3 Å². The van der Waals surface area contributed by atoms with Gasteiger partial charge in [-0.05, 0) is 12.0 Å². The summed E-state index contributed by atoms with van der Waals surface area (Å²) in [6.45, 7) is 2.79. The van der Waals surface area contributed by atoms with Crippen LogP contribution in [0.2, 0.25) is 0 Å². The normalized spacial score (nSPS) is 15.4. The first-order valence-electron chi connectivity index (χ1n) is 4.77. The molecule has 15 heavy (non-hydrogen) atoms. The van der Waals surface area contributed by atoms with Crippen LogP contribution in [0.15, 0.2) is 18.2 Å². The number of nitrogens with two attached hydrogens (primary N) is 1. The smallest absolute Gasteiger partial charge is 0.165 e. The third-order valence-corrected chi connectivity index (χ3v) is 2.61. The highest BCUT2D eigenvalue weighted by molar-refractivity contribution is 5.26. The first-order valence-corrected chi connectivity index (χ1v) is 4.77. The van der Waals surface area contributed by atoms with Gasteiger partial charge >= 0.3 is 0 Å². The van der Waals surface area contributed by atoms with Gasteiger partial charge in [0.25, 0.3) is 0 Å². The number of hydrogen-bond donors (Lipinski definition) is 1. The van der Waals surface area contributed by atoms with Gasteiger partial charge in [-0.1, -0.05) is 26.0 Å². The number of halogens is 3. The molecule has 2 N–H and O–H groups in total. The van der Waals surface area contributed by atoms with Crippen LogP contribution in [0.4, 0.5) is 13.2 Å². The fourth-order valence-corrected chi connectivity index (χ4v) is 1.48. The summed E-state index contributed by atoms with van der Waals surface area (Å²) in [5.41, 5.74) is 2.97. The monoisotopic (exact) mass is 217 g/mol. The van der Waals surface area contributed by atoms with E-state index >= 15 is 0 Å². The average Bonchev–Trinajstić information content (AvgIpc) is 2.20. The lowest BCUT2D eigenvalue weighted by Crippen LogP contribution is -2.36. The van der Waals surface area contributed by atoms with Crippen molar-refractivity contribution in [2.45, 2.75) is 19.5 Å². The lowest BCUT2D eigenvalue weighted by Gasteiger charge is -2.28.